The minimum atomic E-state index is -0.225. The van der Waals surface area contributed by atoms with Crippen LogP contribution in [0.15, 0.2) is 47.1 Å². The van der Waals surface area contributed by atoms with E-state index in [0.717, 1.165) is 29.1 Å². The van der Waals surface area contributed by atoms with Gasteiger partial charge in [-0.1, -0.05) is 35.9 Å². The Morgan fingerprint density at radius 3 is 2.60 bits per heavy atom. The first kappa shape index (κ1) is 15.8. The molecule has 0 spiro atoms. The highest BCUT2D eigenvalue weighted by Crippen LogP contribution is 2.37. The summed E-state index contributed by atoms with van der Waals surface area (Å²) in [7, 11) is 0. The van der Waals surface area contributed by atoms with Gasteiger partial charge < -0.3 is 5.32 Å². The molecule has 2 atom stereocenters. The van der Waals surface area contributed by atoms with Gasteiger partial charge in [0.25, 0.3) is 0 Å². The van der Waals surface area contributed by atoms with E-state index in [1.54, 1.807) is 0 Å². The molecular formula is C20H22N4O. The second-order valence-corrected chi connectivity index (χ2v) is 6.91. The summed E-state index contributed by atoms with van der Waals surface area (Å²) < 4.78 is 1.83. The number of hydrogen-bond donors (Lipinski definition) is 1. The third-order valence-corrected chi connectivity index (χ3v) is 4.90. The number of aryl methyl sites for hydroxylation is 3. The molecule has 0 bridgehead atoms. The molecule has 0 fully saturated rings. The first-order valence-electron chi connectivity index (χ1n) is 8.71. The lowest BCUT2D eigenvalue weighted by atomic mass is 9.81. The number of rotatable bonds is 1. The van der Waals surface area contributed by atoms with Gasteiger partial charge >= 0.3 is 0 Å². The number of carbonyl (C=O) groups is 1. The molecule has 1 aliphatic carbocycles. The Labute approximate surface area is 147 Å². The van der Waals surface area contributed by atoms with Gasteiger partial charge in [0.15, 0.2) is 0 Å². The fourth-order valence-electron chi connectivity index (χ4n) is 3.65. The van der Waals surface area contributed by atoms with Crippen molar-refractivity contribution >= 4 is 11.7 Å². The smallest absolute Gasteiger partial charge is 0.224 e. The highest BCUT2D eigenvalue weighted by molar-refractivity contribution is 5.92. The van der Waals surface area contributed by atoms with Gasteiger partial charge in [-0.25, -0.2) is 9.67 Å². The predicted molar refractivity (Wildman–Crippen MR) is 97.4 cm³/mol. The van der Waals surface area contributed by atoms with Gasteiger partial charge in [0.2, 0.25) is 5.96 Å². The summed E-state index contributed by atoms with van der Waals surface area (Å²) in [6.45, 7) is 6.04. The van der Waals surface area contributed by atoms with Crippen molar-refractivity contribution < 1.29 is 4.79 Å². The molecule has 4 rings (SSSR count). The van der Waals surface area contributed by atoms with Gasteiger partial charge in [-0.15, -0.1) is 0 Å². The van der Waals surface area contributed by atoms with Crippen molar-refractivity contribution in [3.8, 4) is 0 Å². The van der Waals surface area contributed by atoms with Crippen LogP contribution >= 0.6 is 0 Å². The zero-order chi connectivity index (χ0) is 17.6. The molecule has 0 saturated carbocycles. The predicted octanol–water partition coefficient (Wildman–Crippen LogP) is 3.22. The lowest BCUT2D eigenvalue weighted by molar-refractivity contribution is -0.122. The minimum Gasteiger partial charge on any atom is -0.328 e. The summed E-state index contributed by atoms with van der Waals surface area (Å²) in [6, 6.07) is 10.1. The number of aromatic nitrogens is 2. The van der Waals surface area contributed by atoms with E-state index in [1.165, 1.54) is 5.56 Å². The van der Waals surface area contributed by atoms with Crippen LogP contribution in [-0.2, 0) is 4.79 Å². The monoisotopic (exact) mass is 334 g/mol. The number of fused-ring (bicyclic) bond motifs is 1. The number of ketones is 1. The van der Waals surface area contributed by atoms with E-state index in [9.17, 15) is 4.79 Å². The van der Waals surface area contributed by atoms with E-state index < -0.39 is 0 Å². The van der Waals surface area contributed by atoms with Crippen molar-refractivity contribution in [1.82, 2.24) is 15.1 Å². The maximum atomic E-state index is 12.6. The average Bonchev–Trinajstić information content (AvgIpc) is 2.93. The molecule has 5 heteroatoms. The number of nitrogens with zero attached hydrogens (tertiary/aromatic N) is 3. The Kier molecular flexibility index (Phi) is 3.79. The molecular weight excluding hydrogens is 312 g/mol. The van der Waals surface area contributed by atoms with Crippen molar-refractivity contribution in [3.63, 3.8) is 0 Å². The second-order valence-electron chi connectivity index (χ2n) is 6.91. The van der Waals surface area contributed by atoms with Crippen LogP contribution in [0.3, 0.4) is 0 Å². The highest BCUT2D eigenvalue weighted by Gasteiger charge is 2.38. The molecule has 0 amide bonds. The number of benzene rings is 1. The van der Waals surface area contributed by atoms with Gasteiger partial charge in [0.1, 0.15) is 5.78 Å². The molecule has 2 aliphatic rings. The highest BCUT2D eigenvalue weighted by atomic mass is 16.1. The SMILES string of the molecule is Cc1ccc([C@H]2N=C(n3nc(C)cc3C)NC3=CCCC(=O)[C@@H]32)cc1. The normalized spacial score (nSPS) is 22.8. The van der Waals surface area contributed by atoms with Crippen LogP contribution in [0, 0.1) is 26.7 Å². The third kappa shape index (κ3) is 2.80. The number of carbonyl (C=O) groups excluding carboxylic acids is 1. The molecule has 5 nitrogen and oxygen atoms in total. The van der Waals surface area contributed by atoms with Crippen LogP contribution in [0.1, 0.15) is 41.4 Å². The van der Waals surface area contributed by atoms with Crippen LogP contribution in [0.5, 0.6) is 0 Å². The summed E-state index contributed by atoms with van der Waals surface area (Å²) in [4.78, 5) is 17.5. The van der Waals surface area contributed by atoms with Crippen molar-refractivity contribution in [2.45, 2.75) is 39.7 Å². The van der Waals surface area contributed by atoms with Crippen LogP contribution in [0.2, 0.25) is 0 Å². The lowest BCUT2D eigenvalue weighted by Gasteiger charge is -2.34. The van der Waals surface area contributed by atoms with E-state index in [-0.39, 0.29) is 17.7 Å². The molecule has 1 aromatic carbocycles. The van der Waals surface area contributed by atoms with E-state index in [4.69, 9.17) is 4.99 Å². The summed E-state index contributed by atoms with van der Waals surface area (Å²) in [6.07, 6.45) is 3.50. The number of aliphatic imine (C=N–C) groups is 1. The van der Waals surface area contributed by atoms with Gasteiger partial charge in [-0.05, 0) is 38.8 Å². The maximum Gasteiger partial charge on any atom is 0.224 e. The molecule has 2 heterocycles. The first-order valence-corrected chi connectivity index (χ1v) is 8.71. The van der Waals surface area contributed by atoms with E-state index in [1.807, 2.05) is 24.6 Å². The Morgan fingerprint density at radius 1 is 1.16 bits per heavy atom. The van der Waals surface area contributed by atoms with Crippen LogP contribution < -0.4 is 5.32 Å². The van der Waals surface area contributed by atoms with E-state index >= 15 is 0 Å². The molecule has 1 N–H and O–H groups in total. The molecule has 128 valence electrons. The standard InChI is InChI=1S/C20H22N4O/c1-12-7-9-15(10-8-12)19-18-16(5-4-6-17(18)25)21-20(22-19)24-14(3)11-13(2)23-24/h5,7-11,18-19H,4,6H2,1-3H3,(H,21,22)/t18-,19-/m1/s1. The zero-order valence-corrected chi connectivity index (χ0v) is 14.8. The fraction of sp³-hybridized carbons (Fsp3) is 0.350. The zero-order valence-electron chi connectivity index (χ0n) is 14.8. The average molecular weight is 334 g/mol. The Hall–Kier alpha value is -2.69. The lowest BCUT2D eigenvalue weighted by Crippen LogP contribution is -2.44. The van der Waals surface area contributed by atoms with Crippen LogP contribution in [-0.4, -0.2) is 21.5 Å². The topological polar surface area (TPSA) is 59.3 Å². The van der Waals surface area contributed by atoms with E-state index in [0.29, 0.717) is 12.4 Å². The number of nitrogens with one attached hydrogen (secondary N) is 1. The Balaban J connectivity index is 1.84. The van der Waals surface area contributed by atoms with Crippen molar-refractivity contribution in [2.24, 2.45) is 10.9 Å². The largest absolute Gasteiger partial charge is 0.328 e. The van der Waals surface area contributed by atoms with Crippen LogP contribution in [0.4, 0.5) is 0 Å². The summed E-state index contributed by atoms with van der Waals surface area (Å²) >= 11 is 0. The molecule has 1 aromatic heterocycles. The Bertz CT molecular complexity index is 889. The number of Topliss-reactive ketones (excluding diaryl/α,β-unsaturated/α-hetero) is 1. The quantitative estimate of drug-likeness (QED) is 0.871. The maximum absolute atomic E-state index is 12.6. The van der Waals surface area contributed by atoms with Crippen molar-refractivity contribution in [1.29, 1.82) is 0 Å². The molecule has 25 heavy (non-hydrogen) atoms. The number of hydrogen-bond acceptors (Lipinski definition) is 4. The third-order valence-electron chi connectivity index (χ3n) is 4.90. The molecule has 2 aromatic rings. The van der Waals surface area contributed by atoms with E-state index in [2.05, 4.69) is 47.7 Å². The van der Waals surface area contributed by atoms with Gasteiger partial charge in [0.05, 0.1) is 17.7 Å². The fourth-order valence-corrected chi connectivity index (χ4v) is 3.65. The number of allylic oxidation sites excluding steroid dienone is 1. The second kappa shape index (κ2) is 5.99. The van der Waals surface area contributed by atoms with Crippen molar-refractivity contribution in [3.05, 3.63) is 64.6 Å². The van der Waals surface area contributed by atoms with Crippen LogP contribution in [0.25, 0.3) is 0 Å². The molecule has 1 aliphatic heterocycles. The summed E-state index contributed by atoms with van der Waals surface area (Å²) in [5.41, 5.74) is 5.19. The molecule has 0 saturated heterocycles. The molecule has 0 unspecified atom stereocenters. The first-order chi connectivity index (χ1) is 12.0. The van der Waals surface area contributed by atoms with Gasteiger partial charge in [0, 0.05) is 17.8 Å². The van der Waals surface area contributed by atoms with Crippen molar-refractivity contribution in [2.75, 3.05) is 0 Å². The molecule has 0 radical (unpaired) electrons. The van der Waals surface area contributed by atoms with Gasteiger partial charge in [-0.2, -0.15) is 5.10 Å². The van der Waals surface area contributed by atoms with Gasteiger partial charge in [-0.3, -0.25) is 4.79 Å². The minimum absolute atomic E-state index is 0.209. The summed E-state index contributed by atoms with van der Waals surface area (Å²) in [5, 5.41) is 7.90. The summed E-state index contributed by atoms with van der Waals surface area (Å²) in [5.74, 6) is 0.720. The Morgan fingerprint density at radius 2 is 1.92 bits per heavy atom.